The highest BCUT2D eigenvalue weighted by Crippen LogP contribution is 2.60. The topological polar surface area (TPSA) is 67.8 Å². The van der Waals surface area contributed by atoms with Crippen LogP contribution >= 0.6 is 0 Å². The predicted molar refractivity (Wildman–Crippen MR) is 66.3 cm³/mol. The molecule has 0 spiro atoms. The molecule has 0 aromatic carbocycles. The zero-order valence-electron chi connectivity index (χ0n) is 11.6. The summed E-state index contributed by atoms with van der Waals surface area (Å²) in [6.45, 7) is 8.03. The van der Waals surface area contributed by atoms with Crippen LogP contribution in [0.3, 0.4) is 0 Å². The third kappa shape index (κ3) is 2.47. The molecule has 18 heavy (non-hydrogen) atoms. The molecule has 0 aromatic heterocycles. The van der Waals surface area contributed by atoms with Crippen LogP contribution in [0.4, 0.5) is 4.79 Å². The number of rotatable bonds is 3. The van der Waals surface area contributed by atoms with Gasteiger partial charge in [0.2, 0.25) is 0 Å². The number of fused-ring (bicyclic) bond motifs is 1. The van der Waals surface area contributed by atoms with E-state index in [2.05, 4.69) is 5.32 Å². The second-order valence-corrected chi connectivity index (χ2v) is 6.81. The second kappa shape index (κ2) is 4.10. The normalized spacial score (nSPS) is 38.2. The van der Waals surface area contributed by atoms with Gasteiger partial charge in [0.05, 0.1) is 18.3 Å². The number of ether oxygens (including phenoxy) is 2. The summed E-state index contributed by atoms with van der Waals surface area (Å²) in [6.07, 6.45) is 1.20. The summed E-state index contributed by atoms with van der Waals surface area (Å²) in [5.74, 6) is 0. The zero-order chi connectivity index (χ0) is 13.6. The first kappa shape index (κ1) is 13.6. The van der Waals surface area contributed by atoms with Crippen molar-refractivity contribution in [2.45, 2.75) is 57.8 Å². The predicted octanol–water partition coefficient (Wildman–Crippen LogP) is 1.44. The molecule has 1 aliphatic carbocycles. The fourth-order valence-electron chi connectivity index (χ4n) is 3.18. The van der Waals surface area contributed by atoms with Crippen LogP contribution in [0.1, 0.15) is 40.5 Å². The van der Waals surface area contributed by atoms with Gasteiger partial charge >= 0.3 is 6.09 Å². The van der Waals surface area contributed by atoms with Crippen molar-refractivity contribution < 1.29 is 19.4 Å². The van der Waals surface area contributed by atoms with E-state index >= 15 is 0 Å². The molecule has 5 heteroatoms. The summed E-state index contributed by atoms with van der Waals surface area (Å²) < 4.78 is 11.0. The van der Waals surface area contributed by atoms with Gasteiger partial charge < -0.3 is 19.9 Å². The maximum Gasteiger partial charge on any atom is 0.407 e. The van der Waals surface area contributed by atoms with E-state index in [0.717, 1.165) is 12.8 Å². The third-order valence-electron chi connectivity index (χ3n) is 3.71. The molecule has 1 amide bonds. The van der Waals surface area contributed by atoms with Crippen LogP contribution in [0.2, 0.25) is 0 Å². The van der Waals surface area contributed by atoms with Crippen molar-refractivity contribution in [2.24, 2.45) is 5.41 Å². The number of carbonyl (C=O) groups is 1. The molecular weight excluding hydrogens is 234 g/mol. The fourth-order valence-corrected chi connectivity index (χ4v) is 3.18. The highest BCUT2D eigenvalue weighted by molar-refractivity contribution is 5.67. The Kier molecular flexibility index (Phi) is 3.10. The van der Waals surface area contributed by atoms with Gasteiger partial charge in [0.15, 0.2) is 0 Å². The summed E-state index contributed by atoms with van der Waals surface area (Å²) in [4.78, 5) is 11.6. The Labute approximate surface area is 108 Å². The van der Waals surface area contributed by atoms with Crippen LogP contribution in [0.5, 0.6) is 0 Å². The number of hydrogen-bond acceptors (Lipinski definition) is 4. The number of carbonyl (C=O) groups excluding carboxylic acids is 1. The number of hydrogen-bond donors (Lipinski definition) is 2. The summed E-state index contributed by atoms with van der Waals surface area (Å²) in [5.41, 5.74) is -0.768. The summed E-state index contributed by atoms with van der Waals surface area (Å²) in [6, 6.07) is 0. The largest absolute Gasteiger partial charge is 0.444 e. The smallest absolute Gasteiger partial charge is 0.407 e. The standard InChI is InChI=1S/C13H23NO4/c1-11(2,3)18-10(16)14-5-9-13(8-15)6-12(4,7-13)17-9/h9,15H,5-8H2,1-4H3,(H,14,16). The Bertz CT molecular complexity index is 341. The van der Waals surface area contributed by atoms with Crippen LogP contribution in [0.25, 0.3) is 0 Å². The molecule has 1 atom stereocenters. The maximum atomic E-state index is 11.6. The van der Waals surface area contributed by atoms with Crippen molar-refractivity contribution >= 4 is 6.09 Å². The highest BCUT2D eigenvalue weighted by Gasteiger charge is 2.64. The lowest BCUT2D eigenvalue weighted by atomic mass is 9.61. The van der Waals surface area contributed by atoms with Gasteiger partial charge in [-0.15, -0.1) is 0 Å². The van der Waals surface area contributed by atoms with Gasteiger partial charge in [0.1, 0.15) is 5.60 Å². The summed E-state index contributed by atoms with van der Waals surface area (Å²) in [5, 5.41) is 12.2. The molecule has 3 fully saturated rings. The summed E-state index contributed by atoms with van der Waals surface area (Å²) in [7, 11) is 0. The van der Waals surface area contributed by atoms with Crippen molar-refractivity contribution in [3.63, 3.8) is 0 Å². The molecule has 2 N–H and O–H groups in total. The van der Waals surface area contributed by atoms with E-state index in [-0.39, 0.29) is 23.7 Å². The van der Waals surface area contributed by atoms with E-state index in [4.69, 9.17) is 9.47 Å². The first-order valence-corrected chi connectivity index (χ1v) is 6.44. The van der Waals surface area contributed by atoms with Gasteiger partial charge in [-0.1, -0.05) is 0 Å². The van der Waals surface area contributed by atoms with Crippen molar-refractivity contribution in [1.82, 2.24) is 5.32 Å². The average Bonchev–Trinajstić information content (AvgIpc) is 2.60. The number of alkyl carbamates (subject to hydrolysis) is 1. The van der Waals surface area contributed by atoms with E-state index in [1.54, 1.807) is 0 Å². The van der Waals surface area contributed by atoms with E-state index in [9.17, 15) is 9.90 Å². The molecule has 0 aromatic rings. The minimum atomic E-state index is -0.497. The molecule has 104 valence electrons. The lowest BCUT2D eigenvalue weighted by molar-refractivity contribution is -0.0183. The molecule has 3 rings (SSSR count). The first-order chi connectivity index (χ1) is 8.18. The van der Waals surface area contributed by atoms with Crippen LogP contribution in [0, 0.1) is 5.41 Å². The zero-order valence-corrected chi connectivity index (χ0v) is 11.6. The van der Waals surface area contributed by atoms with Crippen LogP contribution in [0.15, 0.2) is 0 Å². The van der Waals surface area contributed by atoms with Crippen molar-refractivity contribution in [3.8, 4) is 0 Å². The molecule has 2 heterocycles. The average molecular weight is 257 g/mol. The molecule has 2 saturated heterocycles. The van der Waals surface area contributed by atoms with E-state index in [1.165, 1.54) is 0 Å². The van der Waals surface area contributed by atoms with Crippen molar-refractivity contribution in [3.05, 3.63) is 0 Å². The molecule has 2 aliphatic heterocycles. The minimum absolute atomic E-state index is 0.108. The van der Waals surface area contributed by atoms with Crippen molar-refractivity contribution in [2.75, 3.05) is 13.2 Å². The second-order valence-electron chi connectivity index (χ2n) is 6.81. The minimum Gasteiger partial charge on any atom is -0.444 e. The number of aliphatic hydroxyl groups is 1. The Morgan fingerprint density at radius 2 is 2.11 bits per heavy atom. The lowest BCUT2D eigenvalue weighted by Crippen LogP contribution is -2.48. The van der Waals surface area contributed by atoms with E-state index in [1.807, 2.05) is 27.7 Å². The Hall–Kier alpha value is -0.810. The van der Waals surface area contributed by atoms with Gasteiger partial charge in [-0.05, 0) is 40.5 Å². The molecule has 2 bridgehead atoms. The third-order valence-corrected chi connectivity index (χ3v) is 3.71. The van der Waals surface area contributed by atoms with Gasteiger partial charge in [-0.2, -0.15) is 0 Å². The SMILES string of the molecule is CC(C)(C)OC(=O)NCC1OC2(C)CC1(CO)C2. The van der Waals surface area contributed by atoms with Crippen LogP contribution < -0.4 is 5.32 Å². The summed E-state index contributed by atoms with van der Waals surface area (Å²) >= 11 is 0. The monoisotopic (exact) mass is 257 g/mol. The number of amides is 1. The molecule has 0 radical (unpaired) electrons. The van der Waals surface area contributed by atoms with E-state index < -0.39 is 11.7 Å². The van der Waals surface area contributed by atoms with Crippen LogP contribution in [-0.4, -0.2) is 41.7 Å². The van der Waals surface area contributed by atoms with Crippen LogP contribution in [-0.2, 0) is 9.47 Å². The molecule has 1 saturated carbocycles. The molecule has 5 nitrogen and oxygen atoms in total. The van der Waals surface area contributed by atoms with Crippen molar-refractivity contribution in [1.29, 1.82) is 0 Å². The number of aliphatic hydroxyl groups excluding tert-OH is 1. The van der Waals surface area contributed by atoms with Gasteiger partial charge in [-0.25, -0.2) is 4.79 Å². The quantitative estimate of drug-likeness (QED) is 0.803. The maximum absolute atomic E-state index is 11.6. The Morgan fingerprint density at radius 1 is 1.50 bits per heavy atom. The Balaban J connectivity index is 1.83. The molecule has 3 aliphatic rings. The van der Waals surface area contributed by atoms with Gasteiger partial charge in [0, 0.05) is 12.0 Å². The number of nitrogens with one attached hydrogen (secondary N) is 1. The lowest BCUT2D eigenvalue weighted by Gasteiger charge is -2.42. The fraction of sp³-hybridized carbons (Fsp3) is 0.923. The molecule has 1 unspecified atom stereocenters. The van der Waals surface area contributed by atoms with Gasteiger partial charge in [0.25, 0.3) is 0 Å². The first-order valence-electron chi connectivity index (χ1n) is 6.44. The van der Waals surface area contributed by atoms with Gasteiger partial charge in [-0.3, -0.25) is 0 Å². The Morgan fingerprint density at radius 3 is 2.61 bits per heavy atom. The molecular formula is C13H23NO4. The van der Waals surface area contributed by atoms with E-state index in [0.29, 0.717) is 6.54 Å². The highest BCUT2D eigenvalue weighted by atomic mass is 16.6.